The van der Waals surface area contributed by atoms with E-state index >= 15 is 0 Å². The van der Waals surface area contributed by atoms with E-state index < -0.39 is 10.8 Å². The fraction of sp³-hybridized carbons (Fsp3) is 0.265. The summed E-state index contributed by atoms with van der Waals surface area (Å²) in [7, 11) is 0.376. The van der Waals surface area contributed by atoms with Crippen molar-refractivity contribution in [3.05, 3.63) is 113 Å². The van der Waals surface area contributed by atoms with Gasteiger partial charge in [-0.2, -0.15) is 0 Å². The molecule has 1 unspecified atom stereocenters. The van der Waals surface area contributed by atoms with Crippen molar-refractivity contribution in [2.24, 2.45) is 0 Å². The molecular formula is C34H38N3O5S-. The Hall–Kier alpha value is -4.18. The number of anilines is 1. The number of aryl methyl sites for hydroxylation is 1. The van der Waals surface area contributed by atoms with Gasteiger partial charge in [0.25, 0.3) is 0 Å². The molecule has 43 heavy (non-hydrogen) atoms. The van der Waals surface area contributed by atoms with E-state index in [1.54, 1.807) is 49.8 Å². The van der Waals surface area contributed by atoms with E-state index in [0.29, 0.717) is 40.5 Å². The zero-order chi connectivity index (χ0) is 30.4. The lowest BCUT2D eigenvalue weighted by Crippen LogP contribution is -2.16. The van der Waals surface area contributed by atoms with Crippen molar-refractivity contribution in [1.82, 2.24) is 10.2 Å². The van der Waals surface area contributed by atoms with Crippen LogP contribution in [0, 0.1) is 12.1 Å². The highest BCUT2D eigenvalue weighted by Crippen LogP contribution is 2.29. The Bertz CT molecular complexity index is 1490. The van der Waals surface area contributed by atoms with E-state index in [1.165, 1.54) is 6.20 Å². The number of aromatic nitrogens is 1. The summed E-state index contributed by atoms with van der Waals surface area (Å²) in [4.78, 5) is 4.80. The molecule has 4 aromatic rings. The molecule has 1 N–H and O–H groups in total. The molecule has 0 radical (unpaired) electrons. The average Bonchev–Trinajstić information content (AvgIpc) is 3.03. The Morgan fingerprint density at radius 3 is 2.47 bits per heavy atom. The van der Waals surface area contributed by atoms with Crippen LogP contribution in [-0.2, 0) is 21.3 Å². The monoisotopic (exact) mass is 600 g/mol. The minimum absolute atomic E-state index is 0.385. The summed E-state index contributed by atoms with van der Waals surface area (Å²) in [5, 5.41) is 13.2. The Labute approximate surface area is 256 Å². The molecule has 0 aliphatic carbocycles. The largest absolute Gasteiger partial charge is 0.739 e. The lowest BCUT2D eigenvalue weighted by Gasteiger charge is -2.27. The van der Waals surface area contributed by atoms with Crippen molar-refractivity contribution in [1.29, 1.82) is 0 Å². The van der Waals surface area contributed by atoms with E-state index in [0.717, 1.165) is 53.0 Å². The van der Waals surface area contributed by atoms with Crippen LogP contribution in [0.3, 0.4) is 0 Å². The van der Waals surface area contributed by atoms with Gasteiger partial charge in [-0.05, 0) is 96.3 Å². The highest BCUT2D eigenvalue weighted by Gasteiger charge is 2.08. The second kappa shape index (κ2) is 16.5. The Balaban J connectivity index is 1.34. The Morgan fingerprint density at radius 1 is 0.977 bits per heavy atom. The van der Waals surface area contributed by atoms with Gasteiger partial charge in [0, 0.05) is 35.7 Å². The number of unbranched alkanes of at least 4 members (excludes halogenated alkanes) is 1. The smallest absolute Gasteiger partial charge is 0.126 e. The molecule has 1 atom stereocenters. The molecule has 226 valence electrons. The van der Waals surface area contributed by atoms with Crippen LogP contribution in [0.5, 0.6) is 11.5 Å². The van der Waals surface area contributed by atoms with Crippen LogP contribution in [0.1, 0.15) is 36.5 Å². The summed E-state index contributed by atoms with van der Waals surface area (Å²) in [5.41, 5.74) is 8.10. The van der Waals surface area contributed by atoms with E-state index in [9.17, 15) is 9.42 Å². The normalized spacial score (nSPS) is 11.8. The molecule has 8 nitrogen and oxygen atoms in total. The van der Waals surface area contributed by atoms with Gasteiger partial charge in [0.05, 0.1) is 36.0 Å². The van der Waals surface area contributed by atoms with Gasteiger partial charge in [-0.15, -0.1) is 0 Å². The van der Waals surface area contributed by atoms with Crippen LogP contribution < -0.4 is 14.9 Å². The highest BCUT2D eigenvalue weighted by molar-refractivity contribution is 7.84. The van der Waals surface area contributed by atoms with Crippen molar-refractivity contribution in [2.45, 2.75) is 37.3 Å². The number of hydroxylamine groups is 1. The number of hydrogen-bond acceptors (Lipinski definition) is 8. The van der Waals surface area contributed by atoms with Crippen LogP contribution in [0.2, 0.25) is 0 Å². The van der Waals surface area contributed by atoms with E-state index in [2.05, 4.69) is 17.3 Å². The molecule has 0 aliphatic rings. The molecule has 0 spiro atoms. The third-order valence-electron chi connectivity index (χ3n) is 6.74. The third-order valence-corrected chi connectivity index (χ3v) is 8.11. The van der Waals surface area contributed by atoms with Crippen LogP contribution >= 0.6 is 0 Å². The standard InChI is InChI=1S/C34H38N3O5S/c1-4-5-20-41-21-22-42-32-11-6-27(7-12-32)28-8-15-34(40-3)29(23-28)17-19-37(38)36-31-9-13-33(14-10-31)43(39)25-30-24-35-18-16-26(30)2/h6-19,23-24,36H,4-5,20-22,25H2,1-3H3/q-1/b19-17+. The first kappa shape index (κ1) is 31.7. The Kier molecular flexibility index (Phi) is 12.1. The minimum atomic E-state index is -1.22. The van der Waals surface area contributed by atoms with Gasteiger partial charge in [0.15, 0.2) is 0 Å². The fourth-order valence-corrected chi connectivity index (χ4v) is 5.41. The zero-order valence-electron chi connectivity index (χ0n) is 24.8. The molecule has 1 heterocycles. The lowest BCUT2D eigenvalue weighted by molar-refractivity contribution is 0.0981. The molecule has 0 bridgehead atoms. The molecule has 9 heteroatoms. The maximum Gasteiger partial charge on any atom is 0.126 e. The fourth-order valence-electron chi connectivity index (χ4n) is 4.22. The Morgan fingerprint density at radius 2 is 1.74 bits per heavy atom. The summed E-state index contributed by atoms with van der Waals surface area (Å²) >= 11 is 0. The van der Waals surface area contributed by atoms with Crippen molar-refractivity contribution in [3.63, 3.8) is 0 Å². The summed E-state index contributed by atoms with van der Waals surface area (Å²) in [6, 6.07) is 22.6. The number of nitrogens with one attached hydrogen (secondary N) is 1. The van der Waals surface area contributed by atoms with Crippen LogP contribution in [0.15, 0.2) is 96.3 Å². The van der Waals surface area contributed by atoms with Crippen molar-refractivity contribution in [2.75, 3.05) is 32.4 Å². The first-order valence-electron chi connectivity index (χ1n) is 14.2. The lowest BCUT2D eigenvalue weighted by atomic mass is 10.0. The number of benzene rings is 3. The molecule has 4 rings (SSSR count). The number of hydrogen-bond donors (Lipinski definition) is 1. The van der Waals surface area contributed by atoms with Crippen LogP contribution in [0.25, 0.3) is 17.2 Å². The van der Waals surface area contributed by atoms with Crippen molar-refractivity contribution < 1.29 is 18.4 Å². The maximum absolute atomic E-state index is 12.8. The third kappa shape index (κ3) is 9.68. The molecule has 0 saturated heterocycles. The molecule has 3 aromatic carbocycles. The van der Waals surface area contributed by atoms with Crippen LogP contribution in [0.4, 0.5) is 5.69 Å². The predicted octanol–water partition coefficient (Wildman–Crippen LogP) is 7.37. The van der Waals surface area contributed by atoms with Crippen molar-refractivity contribution in [3.8, 4) is 22.6 Å². The number of methoxy groups -OCH3 is 1. The molecular weight excluding hydrogens is 562 g/mol. The summed E-state index contributed by atoms with van der Waals surface area (Å²) < 4.78 is 29.6. The van der Waals surface area contributed by atoms with E-state index in [1.807, 2.05) is 55.5 Å². The van der Waals surface area contributed by atoms with Gasteiger partial charge in [0.1, 0.15) is 18.1 Å². The van der Waals surface area contributed by atoms with Gasteiger partial charge in [-0.25, -0.2) is 0 Å². The highest BCUT2D eigenvalue weighted by atomic mass is 32.2. The number of nitrogens with zero attached hydrogens (tertiary/aromatic N) is 2. The van der Waals surface area contributed by atoms with E-state index in [-0.39, 0.29) is 0 Å². The SMILES string of the molecule is CCCCOCCOc1ccc(-c2ccc(OC)c(/C=C/N([O-])Nc3ccc(S(=O)Cc4cnccc4C)cc3)c2)cc1. The van der Waals surface area contributed by atoms with Crippen LogP contribution in [-0.4, -0.2) is 41.3 Å². The van der Waals surface area contributed by atoms with Gasteiger partial charge in [-0.1, -0.05) is 31.5 Å². The number of rotatable bonds is 16. The van der Waals surface area contributed by atoms with Gasteiger partial charge in [-0.3, -0.25) is 9.19 Å². The average molecular weight is 601 g/mol. The van der Waals surface area contributed by atoms with Crippen molar-refractivity contribution >= 4 is 22.6 Å². The van der Waals surface area contributed by atoms with Gasteiger partial charge < -0.3 is 30.0 Å². The second-order valence-electron chi connectivity index (χ2n) is 9.87. The first-order chi connectivity index (χ1) is 21.0. The second-order valence-corrected chi connectivity index (χ2v) is 11.3. The summed E-state index contributed by atoms with van der Waals surface area (Å²) in [6.45, 7) is 5.96. The van der Waals surface area contributed by atoms with Gasteiger partial charge >= 0.3 is 0 Å². The number of hydrazine groups is 1. The minimum Gasteiger partial charge on any atom is -0.739 e. The molecule has 0 saturated carbocycles. The molecule has 0 amide bonds. The van der Waals surface area contributed by atoms with Gasteiger partial charge in [0.2, 0.25) is 0 Å². The molecule has 0 aliphatic heterocycles. The number of ether oxygens (including phenoxy) is 3. The molecule has 1 aromatic heterocycles. The topological polar surface area (TPSA) is 96.0 Å². The quantitative estimate of drug-likeness (QED) is 0.105. The maximum atomic E-state index is 12.8. The summed E-state index contributed by atoms with van der Waals surface area (Å²) in [6.07, 6.45) is 8.72. The predicted molar refractivity (Wildman–Crippen MR) is 173 cm³/mol. The number of pyridine rings is 1. The first-order valence-corrected chi connectivity index (χ1v) is 15.6. The van der Waals surface area contributed by atoms with E-state index in [4.69, 9.17) is 14.2 Å². The zero-order valence-corrected chi connectivity index (χ0v) is 25.6. The summed E-state index contributed by atoms with van der Waals surface area (Å²) in [5.74, 6) is 1.82. The molecule has 0 fully saturated rings.